The third kappa shape index (κ3) is 2.52. The van der Waals surface area contributed by atoms with E-state index in [-0.39, 0.29) is 22.3 Å². The second-order valence-electron chi connectivity index (χ2n) is 5.14. The van der Waals surface area contributed by atoms with Crippen LogP contribution in [0.2, 0.25) is 5.15 Å². The van der Waals surface area contributed by atoms with Gasteiger partial charge in [0.1, 0.15) is 5.15 Å². The van der Waals surface area contributed by atoms with Crippen LogP contribution in [0.25, 0.3) is 0 Å². The second kappa shape index (κ2) is 4.73. The third-order valence-corrected chi connectivity index (χ3v) is 5.60. The van der Waals surface area contributed by atoms with Gasteiger partial charge in [-0.2, -0.15) is 0 Å². The predicted octanol–water partition coefficient (Wildman–Crippen LogP) is 0.919. The molecular weight excluding hydrogens is 290 g/mol. The molecule has 1 aromatic heterocycles. The fraction of sp³-hybridized carbons (Fsp3) is 0.727. The summed E-state index contributed by atoms with van der Waals surface area (Å²) in [5.41, 5.74) is 0. The quantitative estimate of drug-likeness (QED) is 0.898. The Morgan fingerprint density at radius 3 is 2.79 bits per heavy atom. The van der Waals surface area contributed by atoms with Crippen LogP contribution in [0, 0.1) is 5.92 Å². The van der Waals surface area contributed by atoms with E-state index in [1.165, 1.54) is 10.9 Å². The van der Waals surface area contributed by atoms with Crippen LogP contribution in [0.3, 0.4) is 0 Å². The first-order valence-electron chi connectivity index (χ1n) is 6.30. The number of rotatable bonds is 4. The summed E-state index contributed by atoms with van der Waals surface area (Å²) < 4.78 is 34.3. The molecule has 2 unspecified atom stereocenters. The van der Waals surface area contributed by atoms with Gasteiger partial charge < -0.3 is 9.30 Å². The first-order chi connectivity index (χ1) is 8.99. The molecule has 2 atom stereocenters. The molecule has 6 nitrogen and oxygen atoms in total. The van der Waals surface area contributed by atoms with Gasteiger partial charge in [-0.25, -0.2) is 18.1 Å². The summed E-state index contributed by atoms with van der Waals surface area (Å²) >= 11 is 5.94. The highest BCUT2D eigenvalue weighted by molar-refractivity contribution is 7.89. The second-order valence-corrected chi connectivity index (χ2v) is 7.13. The largest absolute Gasteiger partial charge is 0.376 e. The van der Waals surface area contributed by atoms with E-state index in [0.717, 1.165) is 12.8 Å². The summed E-state index contributed by atoms with van der Waals surface area (Å²) in [7, 11) is -2.03. The zero-order valence-corrected chi connectivity index (χ0v) is 12.1. The SMILES string of the molecule is Cn1cnc(S(=O)(=O)NC2CCOC2C2CC2)c1Cl. The van der Waals surface area contributed by atoms with Crippen molar-refractivity contribution < 1.29 is 13.2 Å². The fourth-order valence-corrected chi connectivity index (χ4v) is 4.17. The normalized spacial score (nSPS) is 27.9. The van der Waals surface area contributed by atoms with Gasteiger partial charge in [0, 0.05) is 13.7 Å². The number of hydrogen-bond donors (Lipinski definition) is 1. The van der Waals surface area contributed by atoms with Crippen molar-refractivity contribution in [2.24, 2.45) is 13.0 Å². The number of imidazole rings is 1. The van der Waals surface area contributed by atoms with Gasteiger partial charge in [-0.05, 0) is 25.2 Å². The monoisotopic (exact) mass is 305 g/mol. The van der Waals surface area contributed by atoms with Crippen molar-refractivity contribution >= 4 is 21.6 Å². The minimum atomic E-state index is -3.69. The number of nitrogens with zero attached hydrogens (tertiary/aromatic N) is 2. The molecule has 1 saturated carbocycles. The molecule has 106 valence electrons. The third-order valence-electron chi connectivity index (χ3n) is 3.62. The molecule has 2 heterocycles. The molecule has 0 spiro atoms. The highest BCUT2D eigenvalue weighted by atomic mass is 35.5. The molecule has 0 bridgehead atoms. The molecule has 0 aromatic carbocycles. The van der Waals surface area contributed by atoms with Crippen LogP contribution >= 0.6 is 11.6 Å². The van der Waals surface area contributed by atoms with Crippen molar-refractivity contribution in [2.75, 3.05) is 6.61 Å². The Kier molecular flexibility index (Phi) is 3.33. The smallest absolute Gasteiger partial charge is 0.261 e. The Balaban J connectivity index is 1.79. The summed E-state index contributed by atoms with van der Waals surface area (Å²) in [6, 6.07) is -0.171. The highest BCUT2D eigenvalue weighted by Crippen LogP contribution is 2.39. The number of halogens is 1. The van der Waals surface area contributed by atoms with Crippen LogP contribution in [0.15, 0.2) is 11.4 Å². The number of aromatic nitrogens is 2. The Bertz CT molecular complexity index is 582. The molecule has 1 aliphatic heterocycles. The van der Waals surface area contributed by atoms with Crippen molar-refractivity contribution in [1.82, 2.24) is 14.3 Å². The van der Waals surface area contributed by atoms with E-state index in [9.17, 15) is 8.42 Å². The summed E-state index contributed by atoms with van der Waals surface area (Å²) in [6.07, 6.45) is 4.32. The lowest BCUT2D eigenvalue weighted by Crippen LogP contribution is -2.41. The van der Waals surface area contributed by atoms with E-state index in [1.807, 2.05) is 0 Å². The lowest BCUT2D eigenvalue weighted by Gasteiger charge is -2.18. The Labute approximate surface area is 117 Å². The lowest BCUT2D eigenvalue weighted by molar-refractivity contribution is 0.0848. The van der Waals surface area contributed by atoms with Crippen LogP contribution in [-0.4, -0.2) is 36.7 Å². The topological polar surface area (TPSA) is 73.2 Å². The van der Waals surface area contributed by atoms with Crippen LogP contribution in [0.5, 0.6) is 0 Å². The molecule has 1 aliphatic carbocycles. The van der Waals surface area contributed by atoms with Gasteiger partial charge >= 0.3 is 0 Å². The number of sulfonamides is 1. The zero-order valence-electron chi connectivity index (χ0n) is 10.5. The summed E-state index contributed by atoms with van der Waals surface area (Å²) in [5, 5.41) is 0.00695. The van der Waals surface area contributed by atoms with Crippen molar-refractivity contribution in [3.63, 3.8) is 0 Å². The number of aryl methyl sites for hydroxylation is 1. The Morgan fingerprint density at radius 2 is 2.21 bits per heavy atom. The molecule has 19 heavy (non-hydrogen) atoms. The van der Waals surface area contributed by atoms with E-state index < -0.39 is 10.0 Å². The van der Waals surface area contributed by atoms with Gasteiger partial charge in [0.25, 0.3) is 10.0 Å². The molecule has 8 heteroatoms. The van der Waals surface area contributed by atoms with Gasteiger partial charge in [0.15, 0.2) is 0 Å². The number of ether oxygens (including phenoxy) is 1. The van der Waals surface area contributed by atoms with Gasteiger partial charge in [0.2, 0.25) is 5.03 Å². The van der Waals surface area contributed by atoms with Gasteiger partial charge in [-0.15, -0.1) is 0 Å². The maximum atomic E-state index is 12.3. The number of hydrogen-bond acceptors (Lipinski definition) is 4. The lowest BCUT2D eigenvalue weighted by atomic mass is 10.1. The van der Waals surface area contributed by atoms with Crippen molar-refractivity contribution in [3.8, 4) is 0 Å². The minimum Gasteiger partial charge on any atom is -0.376 e. The number of nitrogens with one attached hydrogen (secondary N) is 1. The fourth-order valence-electron chi connectivity index (χ4n) is 2.46. The zero-order chi connectivity index (χ0) is 13.6. The Morgan fingerprint density at radius 1 is 1.47 bits per heavy atom. The van der Waals surface area contributed by atoms with Gasteiger partial charge in [0.05, 0.1) is 18.5 Å². The average Bonchev–Trinajstić information content (AvgIpc) is 3.00. The average molecular weight is 306 g/mol. The van der Waals surface area contributed by atoms with E-state index in [4.69, 9.17) is 16.3 Å². The molecule has 2 aliphatic rings. The first kappa shape index (κ1) is 13.4. The van der Waals surface area contributed by atoms with Crippen LogP contribution in [0.4, 0.5) is 0 Å². The molecule has 1 saturated heterocycles. The van der Waals surface area contributed by atoms with E-state index in [0.29, 0.717) is 18.9 Å². The maximum absolute atomic E-state index is 12.3. The van der Waals surface area contributed by atoms with Crippen molar-refractivity contribution in [1.29, 1.82) is 0 Å². The molecule has 1 N–H and O–H groups in total. The highest BCUT2D eigenvalue weighted by Gasteiger charge is 2.42. The van der Waals surface area contributed by atoms with Gasteiger partial charge in [-0.1, -0.05) is 11.6 Å². The van der Waals surface area contributed by atoms with Crippen molar-refractivity contribution in [2.45, 2.75) is 36.4 Å². The van der Waals surface area contributed by atoms with Crippen LogP contribution < -0.4 is 4.72 Å². The molecular formula is C11H16ClN3O3S. The maximum Gasteiger partial charge on any atom is 0.261 e. The molecule has 2 fully saturated rings. The molecule has 0 amide bonds. The minimum absolute atomic E-state index is 0.00253. The summed E-state index contributed by atoms with van der Waals surface area (Å²) in [4.78, 5) is 3.85. The van der Waals surface area contributed by atoms with Crippen LogP contribution in [-0.2, 0) is 21.8 Å². The first-order valence-corrected chi connectivity index (χ1v) is 8.16. The van der Waals surface area contributed by atoms with Gasteiger partial charge in [-0.3, -0.25) is 0 Å². The molecule has 1 aromatic rings. The molecule has 3 rings (SSSR count). The summed E-state index contributed by atoms with van der Waals surface area (Å²) in [6.45, 7) is 0.601. The Hall–Kier alpha value is -0.630. The molecule has 0 radical (unpaired) electrons. The standard InChI is InChI=1S/C11H16ClN3O3S/c1-15-6-13-11(10(15)12)19(16,17)14-8-4-5-18-9(8)7-2-3-7/h6-9,14H,2-5H2,1H3. The van der Waals surface area contributed by atoms with Crippen molar-refractivity contribution in [3.05, 3.63) is 11.5 Å². The summed E-state index contributed by atoms with van der Waals surface area (Å²) in [5.74, 6) is 0.495. The predicted molar refractivity (Wildman–Crippen MR) is 69.4 cm³/mol. The van der Waals surface area contributed by atoms with E-state index in [2.05, 4.69) is 9.71 Å². The van der Waals surface area contributed by atoms with E-state index >= 15 is 0 Å². The van der Waals surface area contributed by atoms with E-state index in [1.54, 1.807) is 7.05 Å². The van der Waals surface area contributed by atoms with Crippen LogP contribution in [0.1, 0.15) is 19.3 Å².